The summed E-state index contributed by atoms with van der Waals surface area (Å²) in [5.74, 6) is 0.0375. The number of hydrogen-bond donors (Lipinski definition) is 2. The molecule has 2 rings (SSSR count). The summed E-state index contributed by atoms with van der Waals surface area (Å²) in [4.78, 5) is 12.0. The Morgan fingerprint density at radius 2 is 1.80 bits per heavy atom. The van der Waals surface area contributed by atoms with Gasteiger partial charge >= 0.3 is 0 Å². The predicted octanol–water partition coefficient (Wildman–Crippen LogP) is 3.46. The Labute approximate surface area is 119 Å². The summed E-state index contributed by atoms with van der Waals surface area (Å²) in [5.41, 5.74) is 10.7. The van der Waals surface area contributed by atoms with E-state index in [0.717, 1.165) is 28.9 Å². The zero-order valence-electron chi connectivity index (χ0n) is 11.9. The molecule has 104 valence electrons. The van der Waals surface area contributed by atoms with Crippen molar-refractivity contribution in [1.29, 1.82) is 0 Å². The van der Waals surface area contributed by atoms with Gasteiger partial charge in [0.1, 0.15) is 0 Å². The molecule has 0 bridgehead atoms. The van der Waals surface area contributed by atoms with Crippen molar-refractivity contribution in [2.24, 2.45) is 0 Å². The summed E-state index contributed by atoms with van der Waals surface area (Å²) < 4.78 is 0. The van der Waals surface area contributed by atoms with Crippen molar-refractivity contribution in [2.75, 3.05) is 11.1 Å². The van der Waals surface area contributed by atoms with Crippen LogP contribution in [0, 0.1) is 13.8 Å². The monoisotopic (exact) mass is 268 g/mol. The molecular weight excluding hydrogens is 248 g/mol. The van der Waals surface area contributed by atoms with Crippen molar-refractivity contribution in [3.63, 3.8) is 0 Å². The Kier molecular flexibility index (Phi) is 4.41. The number of nitrogens with two attached hydrogens (primary N) is 1. The number of carbonyl (C=O) groups excluding carboxylic acids is 1. The normalized spacial score (nSPS) is 10.3. The number of amides is 1. The molecule has 1 amide bonds. The van der Waals surface area contributed by atoms with Crippen LogP contribution in [-0.2, 0) is 11.2 Å². The average molecular weight is 268 g/mol. The van der Waals surface area contributed by atoms with Crippen LogP contribution in [0.2, 0.25) is 0 Å². The van der Waals surface area contributed by atoms with E-state index in [9.17, 15) is 4.79 Å². The molecule has 0 aliphatic rings. The van der Waals surface area contributed by atoms with E-state index < -0.39 is 0 Å². The minimum Gasteiger partial charge on any atom is -0.399 e. The van der Waals surface area contributed by atoms with Crippen molar-refractivity contribution in [1.82, 2.24) is 0 Å². The van der Waals surface area contributed by atoms with E-state index in [4.69, 9.17) is 5.73 Å². The molecule has 0 saturated carbocycles. The number of nitrogens with one attached hydrogen (secondary N) is 1. The molecule has 3 nitrogen and oxygen atoms in total. The Morgan fingerprint density at radius 3 is 2.50 bits per heavy atom. The van der Waals surface area contributed by atoms with Crippen LogP contribution in [0.15, 0.2) is 42.5 Å². The van der Waals surface area contributed by atoms with E-state index in [0.29, 0.717) is 6.42 Å². The Morgan fingerprint density at radius 1 is 1.10 bits per heavy atom. The van der Waals surface area contributed by atoms with E-state index >= 15 is 0 Å². The molecule has 0 heterocycles. The van der Waals surface area contributed by atoms with E-state index in [1.807, 2.05) is 56.3 Å². The maximum Gasteiger partial charge on any atom is 0.224 e. The number of hydrogen-bond acceptors (Lipinski definition) is 2. The van der Waals surface area contributed by atoms with Gasteiger partial charge < -0.3 is 11.1 Å². The molecule has 0 aliphatic carbocycles. The van der Waals surface area contributed by atoms with Crippen molar-refractivity contribution < 1.29 is 4.79 Å². The highest BCUT2D eigenvalue weighted by atomic mass is 16.1. The topological polar surface area (TPSA) is 55.1 Å². The third kappa shape index (κ3) is 3.60. The van der Waals surface area contributed by atoms with Crippen molar-refractivity contribution in [2.45, 2.75) is 26.7 Å². The lowest BCUT2D eigenvalue weighted by Gasteiger charge is -2.10. The summed E-state index contributed by atoms with van der Waals surface area (Å²) in [5, 5.41) is 2.97. The van der Waals surface area contributed by atoms with Gasteiger partial charge in [-0.15, -0.1) is 0 Å². The molecule has 0 aliphatic heterocycles. The number of rotatable bonds is 4. The van der Waals surface area contributed by atoms with Crippen molar-refractivity contribution >= 4 is 17.3 Å². The van der Waals surface area contributed by atoms with Gasteiger partial charge in [0, 0.05) is 17.8 Å². The van der Waals surface area contributed by atoms with E-state index in [1.165, 1.54) is 5.56 Å². The minimum atomic E-state index is 0.0375. The highest BCUT2D eigenvalue weighted by Crippen LogP contribution is 2.18. The second-order valence-electron chi connectivity index (χ2n) is 5.04. The maximum absolute atomic E-state index is 12.0. The first-order valence-corrected chi connectivity index (χ1v) is 6.77. The zero-order valence-corrected chi connectivity index (χ0v) is 11.9. The first kappa shape index (κ1) is 14.1. The summed E-state index contributed by atoms with van der Waals surface area (Å²) in [6.07, 6.45) is 1.19. The van der Waals surface area contributed by atoms with Crippen LogP contribution in [0.3, 0.4) is 0 Å². The number of anilines is 2. The van der Waals surface area contributed by atoms with E-state index in [1.54, 1.807) is 0 Å². The first-order chi connectivity index (χ1) is 9.56. The van der Waals surface area contributed by atoms with Crippen LogP contribution >= 0.6 is 0 Å². The highest BCUT2D eigenvalue weighted by molar-refractivity contribution is 5.91. The zero-order chi connectivity index (χ0) is 14.5. The highest BCUT2D eigenvalue weighted by Gasteiger charge is 2.06. The number of carbonyl (C=O) groups is 1. The smallest absolute Gasteiger partial charge is 0.224 e. The summed E-state index contributed by atoms with van der Waals surface area (Å²) in [6, 6.07) is 13.6. The molecule has 2 aromatic rings. The number of aryl methyl sites for hydroxylation is 2. The van der Waals surface area contributed by atoms with Crippen LogP contribution in [0.5, 0.6) is 0 Å². The van der Waals surface area contributed by atoms with Crippen LogP contribution in [0.25, 0.3) is 0 Å². The van der Waals surface area contributed by atoms with Gasteiger partial charge in [-0.3, -0.25) is 4.79 Å². The van der Waals surface area contributed by atoms with Gasteiger partial charge in [-0.2, -0.15) is 0 Å². The fourth-order valence-corrected chi connectivity index (χ4v) is 2.04. The maximum atomic E-state index is 12.0. The van der Waals surface area contributed by atoms with Gasteiger partial charge in [0.05, 0.1) is 0 Å². The molecule has 0 fully saturated rings. The van der Waals surface area contributed by atoms with Gasteiger partial charge in [-0.05, 0) is 55.2 Å². The lowest BCUT2D eigenvalue weighted by atomic mass is 10.1. The predicted molar refractivity (Wildman–Crippen MR) is 83.7 cm³/mol. The molecule has 3 N–H and O–H groups in total. The van der Waals surface area contributed by atoms with Crippen LogP contribution in [0.1, 0.15) is 23.1 Å². The van der Waals surface area contributed by atoms with E-state index in [2.05, 4.69) is 5.32 Å². The largest absolute Gasteiger partial charge is 0.399 e. The molecule has 0 aromatic heterocycles. The third-order valence-electron chi connectivity index (χ3n) is 3.50. The Balaban J connectivity index is 1.92. The van der Waals surface area contributed by atoms with Gasteiger partial charge in [-0.1, -0.05) is 24.3 Å². The Bertz CT molecular complexity index is 603. The first-order valence-electron chi connectivity index (χ1n) is 6.77. The molecule has 0 atom stereocenters. The lowest BCUT2D eigenvalue weighted by Crippen LogP contribution is -2.13. The van der Waals surface area contributed by atoms with Gasteiger partial charge in [0.15, 0.2) is 0 Å². The van der Waals surface area contributed by atoms with Gasteiger partial charge in [-0.25, -0.2) is 0 Å². The fraction of sp³-hybridized carbons (Fsp3) is 0.235. The second-order valence-corrected chi connectivity index (χ2v) is 5.04. The van der Waals surface area contributed by atoms with Crippen molar-refractivity contribution in [3.05, 3.63) is 59.2 Å². The Hall–Kier alpha value is -2.29. The third-order valence-corrected chi connectivity index (χ3v) is 3.50. The summed E-state index contributed by atoms with van der Waals surface area (Å²) in [6.45, 7) is 4.06. The average Bonchev–Trinajstić information content (AvgIpc) is 2.43. The molecule has 20 heavy (non-hydrogen) atoms. The molecule has 0 saturated heterocycles. The van der Waals surface area contributed by atoms with E-state index in [-0.39, 0.29) is 5.91 Å². The van der Waals surface area contributed by atoms with Gasteiger partial charge in [0.2, 0.25) is 5.91 Å². The summed E-state index contributed by atoms with van der Waals surface area (Å²) >= 11 is 0. The van der Waals surface area contributed by atoms with Crippen LogP contribution < -0.4 is 11.1 Å². The summed E-state index contributed by atoms with van der Waals surface area (Å²) in [7, 11) is 0. The minimum absolute atomic E-state index is 0.0375. The van der Waals surface area contributed by atoms with Crippen LogP contribution in [-0.4, -0.2) is 5.91 Å². The lowest BCUT2D eigenvalue weighted by molar-refractivity contribution is -0.116. The van der Waals surface area contributed by atoms with Gasteiger partial charge in [0.25, 0.3) is 0 Å². The van der Waals surface area contributed by atoms with Crippen molar-refractivity contribution in [3.8, 4) is 0 Å². The fourth-order valence-electron chi connectivity index (χ4n) is 2.04. The molecular formula is C17H20N2O. The molecule has 0 radical (unpaired) electrons. The number of nitrogen functional groups attached to an aromatic ring is 1. The molecule has 0 unspecified atom stereocenters. The SMILES string of the molecule is Cc1cccc(NC(=O)CCc2ccc(N)cc2)c1C. The quantitative estimate of drug-likeness (QED) is 0.834. The standard InChI is InChI=1S/C17H20N2O/c1-12-4-3-5-16(13(12)2)19-17(20)11-8-14-6-9-15(18)10-7-14/h3-7,9-10H,8,11,18H2,1-2H3,(H,19,20). The number of benzene rings is 2. The molecule has 0 spiro atoms. The second kappa shape index (κ2) is 6.24. The molecule has 2 aromatic carbocycles. The van der Waals surface area contributed by atoms with Crippen LogP contribution in [0.4, 0.5) is 11.4 Å². The molecule has 3 heteroatoms.